The quantitative estimate of drug-likeness (QED) is 0.397. The molecule has 1 amide bonds. The van der Waals surface area contributed by atoms with E-state index >= 15 is 0 Å². The van der Waals surface area contributed by atoms with E-state index in [4.69, 9.17) is 9.47 Å². The van der Waals surface area contributed by atoms with E-state index in [0.717, 1.165) is 38.0 Å². The first-order valence-corrected chi connectivity index (χ1v) is 17.5. The molecule has 1 aliphatic carbocycles. The molecule has 10 nitrogen and oxygen atoms in total. The van der Waals surface area contributed by atoms with E-state index in [-0.39, 0.29) is 25.2 Å². The van der Waals surface area contributed by atoms with Crippen LogP contribution < -0.4 is 4.74 Å². The summed E-state index contributed by atoms with van der Waals surface area (Å²) in [6, 6.07) is 8.24. The lowest BCUT2D eigenvalue weighted by molar-refractivity contribution is -0.138. The number of carbonyl (C=O) groups is 1. The minimum absolute atomic E-state index is 0.0515. The summed E-state index contributed by atoms with van der Waals surface area (Å²) in [5, 5.41) is 0. The molecule has 5 rings (SSSR count). The maximum atomic E-state index is 14.1. The highest BCUT2D eigenvalue weighted by molar-refractivity contribution is 7.89. The number of amides is 1. The number of hydrogen-bond acceptors (Lipinski definition) is 7. The molecule has 3 aliphatic rings. The number of rotatable bonds is 10. The number of aromatic nitrogens is 1. The van der Waals surface area contributed by atoms with E-state index in [1.54, 1.807) is 37.4 Å². The van der Waals surface area contributed by atoms with Crippen LogP contribution in [0.1, 0.15) is 61.4 Å². The van der Waals surface area contributed by atoms with E-state index in [0.29, 0.717) is 46.9 Å². The van der Waals surface area contributed by atoms with Gasteiger partial charge in [-0.15, -0.1) is 0 Å². The van der Waals surface area contributed by atoms with Crippen LogP contribution in [0.25, 0.3) is 0 Å². The number of likely N-dealkylation sites (tertiary alicyclic amines) is 1. The number of fused-ring (bicyclic) bond motifs is 1. The molecule has 0 spiro atoms. The number of hydrogen-bond donors (Lipinski definition) is 0. The molecule has 0 radical (unpaired) electrons. The van der Waals surface area contributed by atoms with Crippen LogP contribution in [-0.2, 0) is 26.1 Å². The largest absolute Gasteiger partial charge is 0.497 e. The summed E-state index contributed by atoms with van der Waals surface area (Å²) in [4.78, 5) is 20.5. The van der Waals surface area contributed by atoms with Crippen molar-refractivity contribution >= 4 is 15.9 Å². The number of methoxy groups -OCH3 is 1. The SMILES string of the molecule is COc1cc(C)c(S(=O)(=O)N2CCn3cccc3C2COCC(=O)N(C)[C@H]2CCC[C@@H](N3CCC(N(C)C)CC3)C2)c(C)c1. The number of sulfonamides is 1. The molecule has 44 heavy (non-hydrogen) atoms. The summed E-state index contributed by atoms with van der Waals surface area (Å²) in [6.07, 6.45) is 8.69. The molecule has 0 N–H and O–H groups in total. The summed E-state index contributed by atoms with van der Waals surface area (Å²) in [5.41, 5.74) is 2.16. The summed E-state index contributed by atoms with van der Waals surface area (Å²) in [7, 11) is 3.97. The van der Waals surface area contributed by atoms with Crippen LogP contribution in [0.5, 0.6) is 5.75 Å². The third-order valence-electron chi connectivity index (χ3n) is 10.2. The minimum atomic E-state index is -3.85. The monoisotopic (exact) mass is 629 g/mol. The van der Waals surface area contributed by atoms with Crippen LogP contribution >= 0.6 is 0 Å². The standard InChI is InChI=1S/C33H51N5O5S/c1-24-19-29(42-6)20-25(2)33(24)44(40,41)38-18-17-37-14-8-11-30(37)31(38)22-43-23-32(39)35(5)27-9-7-10-28(21-27)36-15-12-26(13-16-36)34(3)4/h8,11,14,19-20,26-28,31H,7,9-10,12-13,15-18,21-23H2,1-6H3/t27-,28+,31?/m0/s1. The van der Waals surface area contributed by atoms with Crippen molar-refractivity contribution in [3.8, 4) is 5.75 Å². The first-order chi connectivity index (χ1) is 21.0. The lowest BCUT2D eigenvalue weighted by Crippen LogP contribution is -2.51. The molecular weight excluding hydrogens is 578 g/mol. The Morgan fingerprint density at radius 1 is 0.977 bits per heavy atom. The van der Waals surface area contributed by atoms with Gasteiger partial charge in [-0.3, -0.25) is 4.79 Å². The van der Waals surface area contributed by atoms with Crippen LogP contribution in [0, 0.1) is 13.8 Å². The zero-order chi connectivity index (χ0) is 31.6. The maximum absolute atomic E-state index is 14.1. The molecule has 1 aromatic heterocycles. The third-order valence-corrected chi connectivity index (χ3v) is 12.4. The van der Waals surface area contributed by atoms with Crippen LogP contribution in [0.2, 0.25) is 0 Å². The number of aryl methyl sites for hydroxylation is 2. The van der Waals surface area contributed by atoms with Gasteiger partial charge in [-0.2, -0.15) is 4.31 Å². The van der Waals surface area contributed by atoms with Gasteiger partial charge in [0.15, 0.2) is 0 Å². The fraction of sp³-hybridized carbons (Fsp3) is 0.667. The van der Waals surface area contributed by atoms with Gasteiger partial charge in [0.25, 0.3) is 0 Å². The second-order valence-corrected chi connectivity index (χ2v) is 14.9. The Bertz CT molecular complexity index is 1380. The van der Waals surface area contributed by atoms with Crippen molar-refractivity contribution in [3.63, 3.8) is 0 Å². The highest BCUT2D eigenvalue weighted by Crippen LogP contribution is 2.36. The zero-order valence-electron chi connectivity index (χ0n) is 27.4. The number of piperidine rings is 1. The first-order valence-electron chi connectivity index (χ1n) is 16.1. The maximum Gasteiger partial charge on any atom is 0.248 e. The molecule has 3 atom stereocenters. The molecule has 1 aromatic carbocycles. The third kappa shape index (κ3) is 6.87. The van der Waals surface area contributed by atoms with E-state index in [1.807, 2.05) is 30.3 Å². The molecule has 11 heteroatoms. The van der Waals surface area contributed by atoms with Crippen LogP contribution in [0.4, 0.5) is 0 Å². The van der Waals surface area contributed by atoms with Crippen LogP contribution in [0.3, 0.4) is 0 Å². The Morgan fingerprint density at radius 3 is 2.34 bits per heavy atom. The van der Waals surface area contributed by atoms with E-state index in [1.165, 1.54) is 19.3 Å². The number of likely N-dealkylation sites (N-methyl/N-ethyl adjacent to an activating group) is 1. The fourth-order valence-electron chi connectivity index (χ4n) is 7.60. The summed E-state index contributed by atoms with van der Waals surface area (Å²) in [6.45, 7) is 6.77. The van der Waals surface area contributed by atoms with Crippen LogP contribution in [-0.4, -0.2) is 117 Å². The van der Waals surface area contributed by atoms with Crippen molar-refractivity contribution in [2.45, 2.75) is 88.0 Å². The summed E-state index contributed by atoms with van der Waals surface area (Å²) < 4.78 is 43.3. The predicted molar refractivity (Wildman–Crippen MR) is 171 cm³/mol. The Kier molecular flexibility index (Phi) is 10.4. The van der Waals surface area contributed by atoms with Gasteiger partial charge in [0, 0.05) is 50.2 Å². The molecular formula is C33H51N5O5S. The molecule has 1 unspecified atom stereocenters. The van der Waals surface area contributed by atoms with E-state index < -0.39 is 16.1 Å². The van der Waals surface area contributed by atoms with Gasteiger partial charge >= 0.3 is 0 Å². The Hall–Kier alpha value is -2.44. The number of ether oxygens (including phenoxy) is 2. The molecule has 2 aliphatic heterocycles. The van der Waals surface area contributed by atoms with Crippen molar-refractivity contribution < 1.29 is 22.7 Å². The summed E-state index contributed by atoms with van der Waals surface area (Å²) >= 11 is 0. The van der Waals surface area contributed by atoms with E-state index in [2.05, 4.69) is 28.5 Å². The molecule has 2 aromatic rings. The minimum Gasteiger partial charge on any atom is -0.497 e. The molecule has 2 fully saturated rings. The van der Waals surface area contributed by atoms with Gasteiger partial charge in [0.1, 0.15) is 12.4 Å². The second kappa shape index (κ2) is 13.9. The Balaban J connectivity index is 1.22. The molecule has 244 valence electrons. The number of benzene rings is 1. The van der Waals surface area contributed by atoms with Crippen molar-refractivity contribution in [1.82, 2.24) is 23.6 Å². The summed E-state index contributed by atoms with van der Waals surface area (Å²) in [5.74, 6) is 0.580. The predicted octanol–water partition coefficient (Wildman–Crippen LogP) is 3.67. The van der Waals surface area contributed by atoms with Gasteiger partial charge in [-0.05, 0) is 115 Å². The smallest absolute Gasteiger partial charge is 0.248 e. The van der Waals surface area contributed by atoms with Crippen LogP contribution in [0.15, 0.2) is 35.4 Å². The molecule has 1 saturated heterocycles. The molecule has 0 bridgehead atoms. The van der Waals surface area contributed by atoms with Crippen molar-refractivity contribution in [2.75, 3.05) is 61.1 Å². The van der Waals surface area contributed by atoms with Gasteiger partial charge in [0.05, 0.1) is 24.7 Å². The zero-order valence-corrected chi connectivity index (χ0v) is 28.2. The lowest BCUT2D eigenvalue weighted by Gasteiger charge is -2.44. The van der Waals surface area contributed by atoms with Crippen molar-refractivity contribution in [1.29, 1.82) is 0 Å². The van der Waals surface area contributed by atoms with Crippen molar-refractivity contribution in [3.05, 3.63) is 47.3 Å². The van der Waals surface area contributed by atoms with Gasteiger partial charge in [-0.25, -0.2) is 8.42 Å². The topological polar surface area (TPSA) is 87.6 Å². The van der Waals surface area contributed by atoms with Gasteiger partial charge < -0.3 is 28.7 Å². The average molecular weight is 630 g/mol. The van der Waals surface area contributed by atoms with E-state index in [9.17, 15) is 13.2 Å². The number of nitrogens with zero attached hydrogens (tertiary/aromatic N) is 5. The fourth-order valence-corrected chi connectivity index (χ4v) is 9.60. The number of carbonyl (C=O) groups excluding carboxylic acids is 1. The highest BCUT2D eigenvalue weighted by atomic mass is 32.2. The average Bonchev–Trinajstić information content (AvgIpc) is 3.49. The van der Waals surface area contributed by atoms with Crippen molar-refractivity contribution in [2.24, 2.45) is 0 Å². The Labute approximate surface area is 263 Å². The first kappa shape index (κ1) is 32.9. The molecule has 3 heterocycles. The normalized spacial score (nSPS) is 23.9. The molecule has 1 saturated carbocycles. The van der Waals surface area contributed by atoms with Gasteiger partial charge in [0.2, 0.25) is 15.9 Å². The van der Waals surface area contributed by atoms with Gasteiger partial charge in [-0.1, -0.05) is 0 Å². The lowest BCUT2D eigenvalue weighted by atomic mass is 9.87. The highest BCUT2D eigenvalue weighted by Gasteiger charge is 2.39. The second-order valence-electron chi connectivity index (χ2n) is 13.1. The Morgan fingerprint density at radius 2 is 1.68 bits per heavy atom.